The molecule has 3 rings (SSSR count). The zero-order chi connectivity index (χ0) is 19.9. The van der Waals surface area contributed by atoms with Crippen LogP contribution >= 0.6 is 11.3 Å². The van der Waals surface area contributed by atoms with E-state index in [1.54, 1.807) is 18.4 Å². The number of thiophene rings is 1. The van der Waals surface area contributed by atoms with E-state index in [1.807, 2.05) is 39.8 Å². The van der Waals surface area contributed by atoms with E-state index in [-0.39, 0.29) is 11.6 Å². The van der Waals surface area contributed by atoms with Crippen molar-refractivity contribution in [3.8, 4) is 5.00 Å². The molecule has 0 saturated carbocycles. The van der Waals surface area contributed by atoms with Crippen molar-refractivity contribution in [2.75, 3.05) is 12.4 Å². The van der Waals surface area contributed by atoms with Crippen LogP contribution in [0.4, 0.5) is 5.82 Å². The van der Waals surface area contributed by atoms with Crippen molar-refractivity contribution in [1.29, 1.82) is 0 Å². The molecular weight excluding hydrogens is 364 g/mol. The van der Waals surface area contributed by atoms with E-state index in [2.05, 4.69) is 15.0 Å². The Kier molecular flexibility index (Phi) is 4.93. The van der Waals surface area contributed by atoms with Crippen molar-refractivity contribution in [3.63, 3.8) is 0 Å². The summed E-state index contributed by atoms with van der Waals surface area (Å²) < 4.78 is 8.19. The van der Waals surface area contributed by atoms with Gasteiger partial charge in [-0.15, -0.1) is 11.3 Å². The number of anilines is 1. The summed E-state index contributed by atoms with van der Waals surface area (Å²) in [7, 11) is 2.93. The number of nitrogens with one attached hydrogen (secondary N) is 1. The zero-order valence-electron chi connectivity index (χ0n) is 16.2. The number of esters is 1. The van der Waals surface area contributed by atoms with Gasteiger partial charge in [-0.3, -0.25) is 9.48 Å². The molecule has 0 radical (unpaired) electrons. The molecule has 3 heterocycles. The van der Waals surface area contributed by atoms with Crippen LogP contribution in [0.25, 0.3) is 5.00 Å². The second-order valence-electron chi connectivity index (χ2n) is 6.40. The van der Waals surface area contributed by atoms with Gasteiger partial charge in [-0.2, -0.15) is 5.10 Å². The van der Waals surface area contributed by atoms with Gasteiger partial charge in [-0.25, -0.2) is 4.79 Å². The average Bonchev–Trinajstić information content (AvgIpc) is 3.23. The van der Waals surface area contributed by atoms with Gasteiger partial charge in [-0.05, 0) is 45.4 Å². The maximum Gasteiger partial charge on any atom is 0.356 e. The molecule has 3 aromatic rings. The van der Waals surface area contributed by atoms with Crippen molar-refractivity contribution in [1.82, 2.24) is 14.3 Å². The molecule has 0 unspecified atom stereocenters. The number of hydrogen-bond donors (Lipinski definition) is 1. The van der Waals surface area contributed by atoms with Gasteiger partial charge in [0.1, 0.15) is 10.7 Å². The molecule has 8 heteroatoms. The third kappa shape index (κ3) is 3.28. The Labute approximate surface area is 161 Å². The molecule has 1 amide bonds. The maximum absolute atomic E-state index is 13.1. The van der Waals surface area contributed by atoms with Crippen LogP contribution in [0.3, 0.4) is 0 Å². The number of methoxy groups -OCH3 is 1. The Hall–Kier alpha value is -2.87. The number of ether oxygens (including phenoxy) is 1. The highest BCUT2D eigenvalue weighted by molar-refractivity contribution is 7.15. The standard InChI is InChI=1S/C19H22N4O3S/c1-10-7-8-11(2)23(10)18-16(12(3)13(4)27-18)17(24)20-15-9-14(19(25)26-6)22(5)21-15/h7-9H,1-6H3,(H,20,21,24). The topological polar surface area (TPSA) is 78.2 Å². The van der Waals surface area contributed by atoms with Crippen molar-refractivity contribution in [3.05, 3.63) is 51.3 Å². The van der Waals surface area contributed by atoms with Gasteiger partial charge < -0.3 is 14.6 Å². The van der Waals surface area contributed by atoms with Crippen LogP contribution in [0.15, 0.2) is 18.2 Å². The number of nitrogens with zero attached hydrogens (tertiary/aromatic N) is 3. The summed E-state index contributed by atoms with van der Waals surface area (Å²) in [6, 6.07) is 5.57. The molecular formula is C19H22N4O3S. The van der Waals surface area contributed by atoms with Crippen LogP contribution in [0.5, 0.6) is 0 Å². The first kappa shape index (κ1) is 18.9. The van der Waals surface area contributed by atoms with Crippen LogP contribution in [0.1, 0.15) is 42.7 Å². The molecule has 3 aromatic heterocycles. The first-order chi connectivity index (χ1) is 12.7. The summed E-state index contributed by atoms with van der Waals surface area (Å²) in [5.74, 6) is -0.459. The molecule has 0 atom stereocenters. The van der Waals surface area contributed by atoms with Crippen LogP contribution in [0.2, 0.25) is 0 Å². The summed E-state index contributed by atoms with van der Waals surface area (Å²) in [6.07, 6.45) is 0. The van der Waals surface area contributed by atoms with Crippen LogP contribution < -0.4 is 5.32 Å². The normalized spacial score (nSPS) is 10.9. The van der Waals surface area contributed by atoms with E-state index < -0.39 is 5.97 Å². The second kappa shape index (κ2) is 7.03. The second-order valence-corrected chi connectivity index (χ2v) is 7.60. The van der Waals surface area contributed by atoms with Crippen LogP contribution in [0, 0.1) is 27.7 Å². The highest BCUT2D eigenvalue weighted by Crippen LogP contribution is 2.33. The molecule has 7 nitrogen and oxygen atoms in total. The Morgan fingerprint density at radius 1 is 1.15 bits per heavy atom. The van der Waals surface area contributed by atoms with E-state index in [9.17, 15) is 9.59 Å². The Balaban J connectivity index is 2.00. The van der Waals surface area contributed by atoms with E-state index in [1.165, 1.54) is 17.9 Å². The third-order valence-electron chi connectivity index (χ3n) is 4.58. The minimum Gasteiger partial charge on any atom is -0.464 e. The average molecular weight is 386 g/mol. The molecule has 0 aliphatic rings. The molecule has 0 fully saturated rings. The molecule has 0 saturated heterocycles. The van der Waals surface area contributed by atoms with E-state index >= 15 is 0 Å². The number of aryl methyl sites for hydroxylation is 4. The highest BCUT2D eigenvalue weighted by atomic mass is 32.1. The van der Waals surface area contributed by atoms with E-state index in [4.69, 9.17) is 4.74 Å². The summed E-state index contributed by atoms with van der Waals surface area (Å²) in [5.41, 5.74) is 3.94. The predicted molar refractivity (Wildman–Crippen MR) is 105 cm³/mol. The van der Waals surface area contributed by atoms with E-state index in [0.29, 0.717) is 11.4 Å². The first-order valence-corrected chi connectivity index (χ1v) is 9.25. The predicted octanol–water partition coefficient (Wildman–Crippen LogP) is 3.54. The molecule has 0 spiro atoms. The fourth-order valence-corrected chi connectivity index (χ4v) is 4.30. The van der Waals surface area contributed by atoms with Crippen molar-refractivity contribution in [2.24, 2.45) is 7.05 Å². The van der Waals surface area contributed by atoms with Gasteiger partial charge in [0.2, 0.25) is 0 Å². The number of hydrogen-bond acceptors (Lipinski definition) is 5. The van der Waals surface area contributed by atoms with E-state index in [0.717, 1.165) is 26.8 Å². The van der Waals surface area contributed by atoms with Crippen molar-refractivity contribution < 1.29 is 14.3 Å². The number of rotatable bonds is 4. The fourth-order valence-electron chi connectivity index (χ4n) is 3.03. The monoisotopic (exact) mass is 386 g/mol. The Morgan fingerprint density at radius 2 is 1.78 bits per heavy atom. The lowest BCUT2D eigenvalue weighted by atomic mass is 10.1. The molecule has 0 bridgehead atoms. The minimum atomic E-state index is -0.507. The zero-order valence-corrected chi connectivity index (χ0v) is 17.0. The number of aromatic nitrogens is 3. The third-order valence-corrected chi connectivity index (χ3v) is 5.78. The number of carbonyl (C=O) groups excluding carboxylic acids is 2. The lowest BCUT2D eigenvalue weighted by Gasteiger charge is -2.10. The van der Waals surface area contributed by atoms with Crippen molar-refractivity contribution in [2.45, 2.75) is 27.7 Å². The summed E-state index contributed by atoms with van der Waals surface area (Å²) in [5, 5.41) is 7.88. The molecule has 0 aliphatic heterocycles. The largest absolute Gasteiger partial charge is 0.464 e. The molecule has 142 valence electrons. The molecule has 0 aromatic carbocycles. The summed E-state index contributed by atoms with van der Waals surface area (Å²) >= 11 is 1.59. The number of carbonyl (C=O) groups is 2. The SMILES string of the molecule is COC(=O)c1cc(NC(=O)c2c(-n3c(C)ccc3C)sc(C)c2C)nn1C. The Bertz CT molecular complexity index is 1020. The minimum absolute atomic E-state index is 0.256. The van der Waals surface area contributed by atoms with Crippen LogP contribution in [-0.2, 0) is 11.8 Å². The summed E-state index contributed by atoms with van der Waals surface area (Å²) in [6.45, 7) is 7.97. The quantitative estimate of drug-likeness (QED) is 0.696. The molecule has 0 aliphatic carbocycles. The number of amides is 1. The van der Waals surface area contributed by atoms with Gasteiger partial charge in [-0.1, -0.05) is 0 Å². The van der Waals surface area contributed by atoms with Gasteiger partial charge >= 0.3 is 5.97 Å². The van der Waals surface area contributed by atoms with Crippen LogP contribution in [-0.4, -0.2) is 33.3 Å². The summed E-state index contributed by atoms with van der Waals surface area (Å²) in [4.78, 5) is 25.9. The molecule has 27 heavy (non-hydrogen) atoms. The van der Waals surface area contributed by atoms with Crippen molar-refractivity contribution >= 4 is 29.0 Å². The van der Waals surface area contributed by atoms with Gasteiger partial charge in [0.15, 0.2) is 5.82 Å². The Morgan fingerprint density at radius 3 is 2.37 bits per heavy atom. The highest BCUT2D eigenvalue weighted by Gasteiger charge is 2.24. The van der Waals surface area contributed by atoms with Gasteiger partial charge in [0, 0.05) is 29.4 Å². The lowest BCUT2D eigenvalue weighted by molar-refractivity contribution is 0.0588. The molecule has 1 N–H and O–H groups in total. The first-order valence-electron chi connectivity index (χ1n) is 8.43. The fraction of sp³-hybridized carbons (Fsp3) is 0.316. The maximum atomic E-state index is 13.1. The van der Waals surface area contributed by atoms with Gasteiger partial charge in [0.05, 0.1) is 12.7 Å². The lowest BCUT2D eigenvalue weighted by Crippen LogP contribution is -2.16. The smallest absolute Gasteiger partial charge is 0.356 e. The van der Waals surface area contributed by atoms with Gasteiger partial charge in [0.25, 0.3) is 5.91 Å².